The second kappa shape index (κ2) is 5.87. The Morgan fingerprint density at radius 3 is 2.32 bits per heavy atom. The highest BCUT2D eigenvalue weighted by Crippen LogP contribution is 2.21. The molecule has 0 N–H and O–H groups in total. The topological polar surface area (TPSA) is 78.0 Å². The molecule has 1 unspecified atom stereocenters. The molecule has 1 atom stereocenters. The highest BCUT2D eigenvalue weighted by Gasteiger charge is 2.38. The van der Waals surface area contributed by atoms with Gasteiger partial charge >= 0.3 is 0 Å². The summed E-state index contributed by atoms with van der Waals surface area (Å²) in [6.07, 6.45) is 2.27. The van der Waals surface area contributed by atoms with Crippen LogP contribution in [-0.2, 0) is 19.6 Å². The zero-order valence-corrected chi connectivity index (χ0v) is 12.6. The first-order valence-electron chi connectivity index (χ1n) is 6.06. The minimum absolute atomic E-state index is 0.0417. The molecule has 8 heteroatoms. The van der Waals surface area contributed by atoms with Gasteiger partial charge in [-0.15, -0.1) is 0 Å². The van der Waals surface area contributed by atoms with Gasteiger partial charge in [-0.3, -0.25) is 9.59 Å². The summed E-state index contributed by atoms with van der Waals surface area (Å²) in [6.45, 7) is 0.324. The predicted molar refractivity (Wildman–Crippen MR) is 70.9 cm³/mol. The second-order valence-corrected chi connectivity index (χ2v) is 6.95. The van der Waals surface area contributed by atoms with Crippen LogP contribution in [0.3, 0.4) is 0 Å². The van der Waals surface area contributed by atoms with E-state index in [1.165, 1.54) is 21.2 Å². The third kappa shape index (κ3) is 3.90. The van der Waals surface area contributed by atoms with Gasteiger partial charge in [-0.25, -0.2) is 8.42 Å². The molecule has 1 saturated heterocycles. The Labute approximate surface area is 114 Å². The summed E-state index contributed by atoms with van der Waals surface area (Å²) in [4.78, 5) is 26.4. The van der Waals surface area contributed by atoms with E-state index in [2.05, 4.69) is 0 Å². The first-order valence-corrected chi connectivity index (χ1v) is 7.91. The number of hydrogen-bond acceptors (Lipinski definition) is 4. The fourth-order valence-corrected chi connectivity index (χ4v) is 3.18. The standard InChI is InChI=1S/C11H21N3O4S/c1-12(2)10(15)8-13(3)11(16)9-6-5-7-14(9)19(4,17)18/h9H,5-8H2,1-4H3. The van der Waals surface area contributed by atoms with Crippen molar-refractivity contribution in [1.29, 1.82) is 0 Å². The van der Waals surface area contributed by atoms with Gasteiger partial charge in [-0.05, 0) is 12.8 Å². The first kappa shape index (κ1) is 15.9. The zero-order valence-electron chi connectivity index (χ0n) is 11.8. The predicted octanol–water partition coefficient (Wildman–Crippen LogP) is -1.04. The van der Waals surface area contributed by atoms with Crippen LogP contribution in [0.1, 0.15) is 12.8 Å². The SMILES string of the molecule is CN(C)C(=O)CN(C)C(=O)C1CCCN1S(C)(=O)=O. The van der Waals surface area contributed by atoms with Crippen LogP contribution in [-0.4, -0.2) is 80.9 Å². The van der Waals surface area contributed by atoms with Gasteiger partial charge in [0.1, 0.15) is 6.04 Å². The number of hydrogen-bond donors (Lipinski definition) is 0. The minimum atomic E-state index is -3.38. The maximum absolute atomic E-state index is 12.2. The molecule has 1 heterocycles. The van der Waals surface area contributed by atoms with Crippen molar-refractivity contribution in [3.63, 3.8) is 0 Å². The van der Waals surface area contributed by atoms with E-state index in [1.807, 2.05) is 0 Å². The van der Waals surface area contributed by atoms with E-state index in [9.17, 15) is 18.0 Å². The molecule has 0 aromatic carbocycles. The monoisotopic (exact) mass is 291 g/mol. The lowest BCUT2D eigenvalue weighted by atomic mass is 10.2. The molecule has 1 fully saturated rings. The average Bonchev–Trinajstić information content (AvgIpc) is 2.75. The Morgan fingerprint density at radius 2 is 1.84 bits per heavy atom. The van der Waals surface area contributed by atoms with Crippen LogP contribution in [0.4, 0.5) is 0 Å². The van der Waals surface area contributed by atoms with E-state index in [0.717, 1.165) is 6.26 Å². The lowest BCUT2D eigenvalue weighted by Gasteiger charge is -2.26. The average molecular weight is 291 g/mol. The van der Waals surface area contributed by atoms with E-state index in [0.29, 0.717) is 19.4 Å². The number of sulfonamides is 1. The van der Waals surface area contributed by atoms with E-state index >= 15 is 0 Å². The lowest BCUT2D eigenvalue weighted by Crippen LogP contribution is -2.48. The lowest BCUT2D eigenvalue weighted by molar-refractivity contribution is -0.139. The number of nitrogens with zero attached hydrogens (tertiary/aromatic N) is 3. The number of rotatable bonds is 4. The van der Waals surface area contributed by atoms with Gasteiger partial charge in [0.05, 0.1) is 12.8 Å². The maximum Gasteiger partial charge on any atom is 0.241 e. The second-order valence-electron chi connectivity index (χ2n) is 5.01. The summed E-state index contributed by atoms with van der Waals surface area (Å²) in [5, 5.41) is 0. The molecule has 0 aromatic heterocycles. The molecule has 0 bridgehead atoms. The Balaban J connectivity index is 2.74. The van der Waals surface area contributed by atoms with Crippen LogP contribution >= 0.6 is 0 Å². The fraction of sp³-hybridized carbons (Fsp3) is 0.818. The Morgan fingerprint density at radius 1 is 1.26 bits per heavy atom. The van der Waals surface area contributed by atoms with Crippen LogP contribution in [0, 0.1) is 0 Å². The van der Waals surface area contributed by atoms with Crippen molar-refractivity contribution in [2.24, 2.45) is 0 Å². The van der Waals surface area contributed by atoms with Crippen molar-refractivity contribution in [3.05, 3.63) is 0 Å². The van der Waals surface area contributed by atoms with E-state index in [1.54, 1.807) is 14.1 Å². The molecule has 0 aliphatic carbocycles. The molecule has 0 radical (unpaired) electrons. The van der Waals surface area contributed by atoms with Crippen molar-refractivity contribution < 1.29 is 18.0 Å². The van der Waals surface area contributed by atoms with Crippen LogP contribution in [0.2, 0.25) is 0 Å². The van der Waals surface area contributed by atoms with E-state index in [-0.39, 0.29) is 18.4 Å². The quantitative estimate of drug-likeness (QED) is 0.662. The molecule has 1 aliphatic heterocycles. The van der Waals surface area contributed by atoms with Crippen molar-refractivity contribution in [3.8, 4) is 0 Å². The van der Waals surface area contributed by atoms with Gasteiger partial charge < -0.3 is 9.80 Å². The van der Waals surface area contributed by atoms with E-state index in [4.69, 9.17) is 0 Å². The zero-order chi connectivity index (χ0) is 14.8. The number of amides is 2. The first-order chi connectivity index (χ1) is 8.64. The molecule has 0 saturated carbocycles. The van der Waals surface area contributed by atoms with Crippen LogP contribution in [0.15, 0.2) is 0 Å². The van der Waals surface area contributed by atoms with Gasteiger partial charge in [0.15, 0.2) is 0 Å². The van der Waals surface area contributed by atoms with Gasteiger partial charge in [-0.2, -0.15) is 4.31 Å². The van der Waals surface area contributed by atoms with Crippen molar-refractivity contribution >= 4 is 21.8 Å². The van der Waals surface area contributed by atoms with Crippen molar-refractivity contribution in [1.82, 2.24) is 14.1 Å². The molecular weight excluding hydrogens is 270 g/mol. The third-order valence-electron chi connectivity index (χ3n) is 3.16. The van der Waals surface area contributed by atoms with Crippen LogP contribution in [0.25, 0.3) is 0 Å². The summed E-state index contributed by atoms with van der Waals surface area (Å²) < 4.78 is 24.4. The highest BCUT2D eigenvalue weighted by atomic mass is 32.2. The molecule has 0 spiro atoms. The Hall–Kier alpha value is -1.15. The summed E-state index contributed by atoms with van der Waals surface area (Å²) in [5.41, 5.74) is 0. The number of carbonyl (C=O) groups excluding carboxylic acids is 2. The Bertz CT molecular complexity index is 461. The normalized spacial score (nSPS) is 20.3. The summed E-state index contributed by atoms with van der Waals surface area (Å²) in [7, 11) is 1.35. The molecule has 1 rings (SSSR count). The van der Waals surface area contributed by atoms with E-state index < -0.39 is 16.1 Å². The molecule has 1 aliphatic rings. The van der Waals surface area contributed by atoms with Gasteiger partial charge in [0.2, 0.25) is 21.8 Å². The fourth-order valence-electron chi connectivity index (χ4n) is 2.06. The number of carbonyl (C=O) groups is 2. The largest absolute Gasteiger partial charge is 0.347 e. The molecule has 19 heavy (non-hydrogen) atoms. The Kier molecular flexibility index (Phi) is 4.92. The van der Waals surface area contributed by atoms with Gasteiger partial charge in [-0.1, -0.05) is 0 Å². The molecule has 7 nitrogen and oxygen atoms in total. The highest BCUT2D eigenvalue weighted by molar-refractivity contribution is 7.88. The van der Waals surface area contributed by atoms with Crippen molar-refractivity contribution in [2.75, 3.05) is 40.5 Å². The molecule has 2 amide bonds. The summed E-state index contributed by atoms with van der Waals surface area (Å²) in [6, 6.07) is -0.671. The molecule has 0 aromatic rings. The minimum Gasteiger partial charge on any atom is -0.347 e. The summed E-state index contributed by atoms with van der Waals surface area (Å²) >= 11 is 0. The van der Waals surface area contributed by atoms with Gasteiger partial charge in [0, 0.05) is 27.7 Å². The van der Waals surface area contributed by atoms with Crippen LogP contribution in [0.5, 0.6) is 0 Å². The smallest absolute Gasteiger partial charge is 0.241 e. The third-order valence-corrected chi connectivity index (χ3v) is 4.45. The molecular formula is C11H21N3O4S. The molecule has 110 valence electrons. The van der Waals surface area contributed by atoms with Gasteiger partial charge in [0.25, 0.3) is 0 Å². The van der Waals surface area contributed by atoms with Crippen LogP contribution < -0.4 is 0 Å². The van der Waals surface area contributed by atoms with Crippen molar-refractivity contribution in [2.45, 2.75) is 18.9 Å². The summed E-state index contributed by atoms with van der Waals surface area (Å²) in [5.74, 6) is -0.516. The number of likely N-dealkylation sites (N-methyl/N-ethyl adjacent to an activating group) is 2. The maximum atomic E-state index is 12.2.